The lowest BCUT2D eigenvalue weighted by Gasteiger charge is -2.15. The van der Waals surface area contributed by atoms with Crippen LogP contribution in [-0.4, -0.2) is 33.8 Å². The largest absolute Gasteiger partial charge is 0.453 e. The summed E-state index contributed by atoms with van der Waals surface area (Å²) in [6, 6.07) is 14.7. The number of fused-ring (bicyclic) bond motifs is 1. The quantitative estimate of drug-likeness (QED) is 0.151. The van der Waals surface area contributed by atoms with Crippen molar-refractivity contribution >= 4 is 44.5 Å². The summed E-state index contributed by atoms with van der Waals surface area (Å²) in [6.07, 6.45) is 7.65. The van der Waals surface area contributed by atoms with Crippen molar-refractivity contribution in [1.82, 2.24) is 4.98 Å². The van der Waals surface area contributed by atoms with Crippen LogP contribution in [0.5, 0.6) is 11.5 Å². The summed E-state index contributed by atoms with van der Waals surface area (Å²) >= 11 is 0. The molecule has 0 bridgehead atoms. The van der Waals surface area contributed by atoms with Crippen molar-refractivity contribution in [1.29, 1.82) is 0 Å². The summed E-state index contributed by atoms with van der Waals surface area (Å²) in [5.41, 5.74) is 8.38. The number of rotatable bonds is 10. The third-order valence-electron chi connectivity index (χ3n) is 5.78. The molecule has 196 valence electrons. The molecule has 38 heavy (non-hydrogen) atoms. The topological polar surface area (TPSA) is 97.5 Å². The van der Waals surface area contributed by atoms with Crippen molar-refractivity contribution in [2.24, 2.45) is 10.7 Å². The van der Waals surface area contributed by atoms with Crippen molar-refractivity contribution in [3.8, 4) is 11.5 Å². The molecule has 6 nitrogen and oxygen atoms in total. The number of halogens is 2. The SMILES string of the molecule is C=S(C)(=O)c1c(Oc2cccc(N=C/C=C(\N)Cc3cccc(CCC=O)c3F)c2)c(F)cc2[nH]ccc12. The Bertz CT molecular complexity index is 1660. The van der Waals surface area contributed by atoms with Crippen LogP contribution in [0.25, 0.3) is 10.9 Å². The lowest BCUT2D eigenvalue weighted by Crippen LogP contribution is -2.05. The van der Waals surface area contributed by atoms with Gasteiger partial charge in [-0.25, -0.2) is 8.78 Å². The van der Waals surface area contributed by atoms with Crippen molar-refractivity contribution in [2.75, 3.05) is 6.26 Å². The molecule has 1 heterocycles. The zero-order chi connectivity index (χ0) is 27.3. The summed E-state index contributed by atoms with van der Waals surface area (Å²) in [5, 5.41) is 0.574. The smallest absolute Gasteiger partial charge is 0.179 e. The van der Waals surface area contributed by atoms with Crippen LogP contribution < -0.4 is 10.5 Å². The van der Waals surface area contributed by atoms with Crippen LogP contribution in [0.1, 0.15) is 17.5 Å². The molecule has 0 aliphatic rings. The van der Waals surface area contributed by atoms with Gasteiger partial charge in [-0.2, -0.15) is 0 Å². The van der Waals surface area contributed by atoms with Crippen LogP contribution in [0.2, 0.25) is 0 Å². The number of allylic oxidation sites excluding steroid dienone is 2. The van der Waals surface area contributed by atoms with Gasteiger partial charge in [-0.3, -0.25) is 9.20 Å². The molecule has 0 spiro atoms. The molecule has 0 fully saturated rings. The number of hydrogen-bond acceptors (Lipinski definition) is 5. The minimum Gasteiger partial charge on any atom is -0.453 e. The second-order valence-electron chi connectivity index (χ2n) is 8.85. The molecule has 0 saturated carbocycles. The summed E-state index contributed by atoms with van der Waals surface area (Å²) < 4.78 is 48.4. The minimum atomic E-state index is -2.82. The molecule has 1 unspecified atom stereocenters. The summed E-state index contributed by atoms with van der Waals surface area (Å²) in [6.45, 7) is 0. The van der Waals surface area contributed by atoms with Gasteiger partial charge in [0, 0.05) is 60.2 Å². The van der Waals surface area contributed by atoms with Crippen LogP contribution in [0.15, 0.2) is 82.5 Å². The zero-order valence-electron chi connectivity index (χ0n) is 20.7. The number of ether oxygens (including phenoxy) is 1. The summed E-state index contributed by atoms with van der Waals surface area (Å²) in [4.78, 5) is 18.1. The summed E-state index contributed by atoms with van der Waals surface area (Å²) in [5.74, 6) is 2.84. The molecule has 1 aromatic heterocycles. The molecule has 0 amide bonds. The van der Waals surface area contributed by atoms with Gasteiger partial charge < -0.3 is 20.2 Å². The van der Waals surface area contributed by atoms with E-state index in [2.05, 4.69) is 15.8 Å². The van der Waals surface area contributed by atoms with Gasteiger partial charge in [0.2, 0.25) is 0 Å². The van der Waals surface area contributed by atoms with Crippen LogP contribution >= 0.6 is 0 Å². The monoisotopic (exact) mass is 535 g/mol. The number of H-pyrrole nitrogens is 1. The van der Waals surface area contributed by atoms with E-state index in [-0.39, 0.29) is 29.3 Å². The van der Waals surface area contributed by atoms with Gasteiger partial charge in [-0.15, -0.1) is 0 Å². The summed E-state index contributed by atoms with van der Waals surface area (Å²) in [7, 11) is -2.82. The first-order valence-corrected chi connectivity index (χ1v) is 13.9. The predicted octanol–water partition coefficient (Wildman–Crippen LogP) is 5.86. The number of carbonyl (C=O) groups excluding carboxylic acids is 1. The predicted molar refractivity (Wildman–Crippen MR) is 149 cm³/mol. The number of aromatic nitrogens is 1. The maximum atomic E-state index is 15.0. The molecular formula is C29H27F2N3O3S. The Morgan fingerprint density at radius 2 is 1.92 bits per heavy atom. The Hall–Kier alpha value is -4.24. The highest BCUT2D eigenvalue weighted by Crippen LogP contribution is 2.38. The average Bonchev–Trinajstić information content (AvgIpc) is 3.32. The Balaban J connectivity index is 1.53. The van der Waals surface area contributed by atoms with E-state index in [1.54, 1.807) is 60.8 Å². The fraction of sp³-hybridized carbons (Fsp3) is 0.138. The van der Waals surface area contributed by atoms with Gasteiger partial charge >= 0.3 is 0 Å². The number of aromatic amines is 1. The molecular weight excluding hydrogens is 508 g/mol. The second kappa shape index (κ2) is 11.4. The Morgan fingerprint density at radius 1 is 1.16 bits per heavy atom. The van der Waals surface area contributed by atoms with Crippen LogP contribution in [0.3, 0.4) is 0 Å². The highest BCUT2D eigenvalue weighted by molar-refractivity contribution is 8.00. The third-order valence-corrected chi connectivity index (χ3v) is 7.05. The number of aryl methyl sites for hydroxylation is 1. The molecule has 4 aromatic rings. The van der Waals surface area contributed by atoms with E-state index in [0.717, 1.165) is 6.29 Å². The Labute approximate surface area is 219 Å². The van der Waals surface area contributed by atoms with Crippen molar-refractivity contribution in [2.45, 2.75) is 24.2 Å². The van der Waals surface area contributed by atoms with Crippen molar-refractivity contribution in [3.05, 3.63) is 95.3 Å². The lowest BCUT2D eigenvalue weighted by atomic mass is 10.0. The Morgan fingerprint density at radius 3 is 2.68 bits per heavy atom. The first-order valence-electron chi connectivity index (χ1n) is 11.8. The van der Waals surface area contributed by atoms with Gasteiger partial charge in [0.25, 0.3) is 0 Å². The number of nitrogens with two attached hydrogens (primary N) is 1. The van der Waals surface area contributed by atoms with E-state index >= 15 is 0 Å². The Kier molecular flexibility index (Phi) is 8.07. The molecule has 3 N–H and O–H groups in total. The van der Waals surface area contributed by atoms with Gasteiger partial charge in [0.05, 0.1) is 10.6 Å². The fourth-order valence-electron chi connectivity index (χ4n) is 4.07. The second-order valence-corrected chi connectivity index (χ2v) is 11.3. The number of aliphatic imine (C=N–C) groups is 1. The van der Waals surface area contributed by atoms with E-state index in [1.165, 1.54) is 18.5 Å². The molecule has 4 rings (SSSR count). The van der Waals surface area contributed by atoms with Crippen LogP contribution in [-0.2, 0) is 27.2 Å². The molecule has 0 radical (unpaired) electrons. The molecule has 9 heteroatoms. The molecule has 3 aromatic carbocycles. The van der Waals surface area contributed by atoms with E-state index in [4.69, 9.17) is 10.5 Å². The maximum absolute atomic E-state index is 15.0. The van der Waals surface area contributed by atoms with E-state index in [1.807, 2.05) is 0 Å². The first-order chi connectivity index (χ1) is 18.2. The molecule has 1 atom stereocenters. The standard InChI is InChI=1S/C29H27F2N3O3S/c1-38(2,36)29-24-12-14-34-26(24)18-25(30)28(29)37-23-10-4-9-22(17-23)33-13-11-21(32)16-20-7-3-6-19(27(20)31)8-5-15-35/h3-4,6-7,9-15,17-18,34H,1,5,8,16,32H2,2H3/b21-11-,33-13?. The van der Waals surface area contributed by atoms with Crippen molar-refractivity contribution in [3.63, 3.8) is 0 Å². The third kappa shape index (κ3) is 6.18. The van der Waals surface area contributed by atoms with Gasteiger partial charge in [-0.05, 0) is 57.2 Å². The number of carbonyl (C=O) groups is 1. The fourth-order valence-corrected chi connectivity index (χ4v) is 5.24. The van der Waals surface area contributed by atoms with Crippen molar-refractivity contribution < 1.29 is 22.5 Å². The highest BCUT2D eigenvalue weighted by Gasteiger charge is 2.21. The first kappa shape index (κ1) is 26.8. The highest BCUT2D eigenvalue weighted by atomic mass is 32.2. The van der Waals surface area contributed by atoms with E-state index in [9.17, 15) is 17.8 Å². The zero-order valence-corrected chi connectivity index (χ0v) is 21.6. The number of benzene rings is 3. The van der Waals surface area contributed by atoms with Crippen LogP contribution in [0.4, 0.5) is 14.5 Å². The van der Waals surface area contributed by atoms with Gasteiger partial charge in [-0.1, -0.05) is 24.3 Å². The van der Waals surface area contributed by atoms with Gasteiger partial charge in [0.1, 0.15) is 17.9 Å². The maximum Gasteiger partial charge on any atom is 0.179 e. The van der Waals surface area contributed by atoms with Gasteiger partial charge in [0.15, 0.2) is 11.6 Å². The van der Waals surface area contributed by atoms with Crippen LogP contribution in [0, 0.1) is 11.6 Å². The number of nitrogens with zero attached hydrogens (tertiary/aromatic N) is 1. The lowest BCUT2D eigenvalue weighted by molar-refractivity contribution is -0.107. The number of aldehydes is 1. The number of nitrogens with one attached hydrogen (secondary N) is 1. The average molecular weight is 536 g/mol. The van der Waals surface area contributed by atoms with E-state index in [0.29, 0.717) is 45.6 Å². The molecule has 0 aliphatic carbocycles. The molecule has 0 saturated heterocycles. The molecule has 0 aliphatic heterocycles. The normalized spacial score (nSPS) is 13.6. The van der Waals surface area contributed by atoms with E-state index < -0.39 is 15.3 Å². The number of hydrogen-bond donors (Lipinski definition) is 2. The minimum absolute atomic E-state index is 0.151.